The second kappa shape index (κ2) is 5.25. The number of likely N-dealkylation sites (N-methyl/N-ethyl adjacent to an activating group) is 1. The van der Waals surface area contributed by atoms with Crippen LogP contribution in [0.4, 0.5) is 0 Å². The molecule has 0 heterocycles. The Labute approximate surface area is 106 Å². The van der Waals surface area contributed by atoms with Crippen molar-refractivity contribution in [1.29, 1.82) is 0 Å². The predicted molar refractivity (Wildman–Crippen MR) is 66.5 cm³/mol. The lowest BCUT2D eigenvalue weighted by molar-refractivity contribution is -0.123. The Morgan fingerprint density at radius 1 is 1.28 bits per heavy atom. The molecule has 0 bridgehead atoms. The van der Waals surface area contributed by atoms with Crippen LogP contribution in [-0.2, 0) is 14.3 Å². The van der Waals surface area contributed by atoms with Gasteiger partial charge in [0.05, 0.1) is 12.0 Å². The maximum Gasteiger partial charge on any atom is 0.247 e. The molecule has 0 radical (unpaired) electrons. The van der Waals surface area contributed by atoms with Crippen LogP contribution in [0, 0.1) is 5.92 Å². The van der Waals surface area contributed by atoms with Gasteiger partial charge in [-0.25, -0.2) is 0 Å². The molecular formula is C13H18N2O3. The number of carbonyl (C=O) groups is 2. The smallest absolute Gasteiger partial charge is 0.247 e. The van der Waals surface area contributed by atoms with Gasteiger partial charge in [-0.15, -0.1) is 0 Å². The first kappa shape index (κ1) is 12.7. The van der Waals surface area contributed by atoms with Crippen molar-refractivity contribution in [2.45, 2.75) is 25.4 Å². The summed E-state index contributed by atoms with van der Waals surface area (Å²) in [6.07, 6.45) is 6.29. The molecule has 2 aliphatic carbocycles. The first-order chi connectivity index (χ1) is 8.63. The van der Waals surface area contributed by atoms with Crippen LogP contribution >= 0.6 is 0 Å². The van der Waals surface area contributed by atoms with Gasteiger partial charge in [0.25, 0.3) is 0 Å². The zero-order valence-electron chi connectivity index (χ0n) is 10.7. The largest absolute Gasteiger partial charge is 0.491 e. The third kappa shape index (κ3) is 2.91. The molecule has 0 aromatic carbocycles. The van der Waals surface area contributed by atoms with Crippen LogP contribution < -0.4 is 10.6 Å². The molecule has 2 aliphatic rings. The molecule has 2 N–H and O–H groups in total. The van der Waals surface area contributed by atoms with Crippen LogP contribution in [0.5, 0.6) is 0 Å². The minimum Gasteiger partial charge on any atom is -0.491 e. The van der Waals surface area contributed by atoms with Gasteiger partial charge in [0.15, 0.2) is 0 Å². The zero-order chi connectivity index (χ0) is 13.1. The third-order valence-corrected chi connectivity index (χ3v) is 3.05. The maximum atomic E-state index is 11.7. The summed E-state index contributed by atoms with van der Waals surface area (Å²) in [7, 11) is 3.17. The summed E-state index contributed by atoms with van der Waals surface area (Å²) in [5.74, 6) is 0.0484. The van der Waals surface area contributed by atoms with Crippen LogP contribution in [0.3, 0.4) is 0 Å². The minimum absolute atomic E-state index is 0.0959. The molecule has 5 heteroatoms. The second-order valence-electron chi connectivity index (χ2n) is 4.56. The summed E-state index contributed by atoms with van der Waals surface area (Å²) < 4.78 is 5.68. The number of carbonyl (C=O) groups excluding carboxylic acids is 2. The second-order valence-corrected chi connectivity index (χ2v) is 4.56. The average molecular weight is 250 g/mol. The zero-order valence-corrected chi connectivity index (χ0v) is 10.7. The third-order valence-electron chi connectivity index (χ3n) is 3.05. The van der Waals surface area contributed by atoms with E-state index in [1.54, 1.807) is 26.2 Å². The van der Waals surface area contributed by atoms with Crippen molar-refractivity contribution in [3.05, 3.63) is 23.5 Å². The standard InChI is InChI=1S/C13H18N2O3/c1-14-12(16)8-5-9(13(17)15-2)7-11(6-8)18-10-3-4-10/h6-8,10H,3-5H2,1-2H3,(H,14,16)(H,15,17). The molecule has 5 nitrogen and oxygen atoms in total. The summed E-state index contributed by atoms with van der Waals surface area (Å²) in [5.41, 5.74) is 0.587. The fraction of sp³-hybridized carbons (Fsp3) is 0.538. The molecule has 1 saturated carbocycles. The fourth-order valence-corrected chi connectivity index (χ4v) is 1.90. The highest BCUT2D eigenvalue weighted by molar-refractivity contribution is 5.95. The van der Waals surface area contributed by atoms with Gasteiger partial charge in [0.1, 0.15) is 5.76 Å². The van der Waals surface area contributed by atoms with Crippen LogP contribution in [-0.4, -0.2) is 32.0 Å². The van der Waals surface area contributed by atoms with E-state index in [0.29, 0.717) is 17.8 Å². The number of hydrogen-bond acceptors (Lipinski definition) is 3. The Hall–Kier alpha value is -1.78. The van der Waals surface area contributed by atoms with Crippen molar-refractivity contribution in [3.63, 3.8) is 0 Å². The lowest BCUT2D eigenvalue weighted by atomic mass is 9.92. The van der Waals surface area contributed by atoms with Gasteiger partial charge in [-0.05, 0) is 31.4 Å². The van der Waals surface area contributed by atoms with Crippen molar-refractivity contribution in [1.82, 2.24) is 10.6 Å². The highest BCUT2D eigenvalue weighted by Gasteiger charge is 2.29. The predicted octanol–water partition coefficient (Wildman–Crippen LogP) is 0.488. The minimum atomic E-state index is -0.332. The van der Waals surface area contributed by atoms with E-state index < -0.39 is 0 Å². The van der Waals surface area contributed by atoms with Crippen molar-refractivity contribution in [2.75, 3.05) is 14.1 Å². The highest BCUT2D eigenvalue weighted by atomic mass is 16.5. The molecule has 18 heavy (non-hydrogen) atoms. The molecule has 2 amide bonds. The van der Waals surface area contributed by atoms with Crippen LogP contribution in [0.2, 0.25) is 0 Å². The number of nitrogens with one attached hydrogen (secondary N) is 2. The molecule has 0 saturated heterocycles. The van der Waals surface area contributed by atoms with Crippen molar-refractivity contribution >= 4 is 11.8 Å². The van der Waals surface area contributed by atoms with Crippen LogP contribution in [0.15, 0.2) is 23.5 Å². The summed E-state index contributed by atoms with van der Waals surface area (Å²) >= 11 is 0. The number of hydrogen-bond donors (Lipinski definition) is 2. The molecule has 1 atom stereocenters. The van der Waals surface area contributed by atoms with E-state index in [1.807, 2.05) is 0 Å². The van der Waals surface area contributed by atoms with E-state index in [2.05, 4.69) is 10.6 Å². The SMILES string of the molecule is CNC(=O)C1=CC(OC2CC2)=CC(C(=O)NC)C1. The molecule has 0 aliphatic heterocycles. The normalized spacial score (nSPS) is 22.7. The number of ether oxygens (including phenoxy) is 1. The Bertz CT molecular complexity index is 422. The van der Waals surface area contributed by atoms with E-state index >= 15 is 0 Å². The molecule has 0 spiro atoms. The molecular weight excluding hydrogens is 232 g/mol. The lowest BCUT2D eigenvalue weighted by Crippen LogP contribution is -2.31. The van der Waals surface area contributed by atoms with Gasteiger partial charge in [0, 0.05) is 19.7 Å². The molecule has 2 rings (SSSR count). The summed E-state index contributed by atoms with van der Waals surface area (Å²) in [4.78, 5) is 23.4. The first-order valence-electron chi connectivity index (χ1n) is 6.16. The Morgan fingerprint density at radius 2 is 2.00 bits per heavy atom. The lowest BCUT2D eigenvalue weighted by Gasteiger charge is -2.20. The molecule has 98 valence electrons. The van der Waals surface area contributed by atoms with Gasteiger partial charge < -0.3 is 15.4 Å². The maximum absolute atomic E-state index is 11.7. The van der Waals surface area contributed by atoms with Crippen molar-refractivity contribution in [2.24, 2.45) is 5.92 Å². The Morgan fingerprint density at radius 3 is 2.56 bits per heavy atom. The monoisotopic (exact) mass is 250 g/mol. The molecule has 0 aromatic heterocycles. The van der Waals surface area contributed by atoms with Gasteiger partial charge in [0.2, 0.25) is 11.8 Å². The van der Waals surface area contributed by atoms with E-state index in [9.17, 15) is 9.59 Å². The van der Waals surface area contributed by atoms with Crippen molar-refractivity contribution in [3.8, 4) is 0 Å². The summed E-state index contributed by atoms with van der Waals surface area (Å²) in [5, 5.41) is 5.18. The Kier molecular flexibility index (Phi) is 3.69. The summed E-state index contributed by atoms with van der Waals surface area (Å²) in [6, 6.07) is 0. The highest BCUT2D eigenvalue weighted by Crippen LogP contribution is 2.31. The van der Waals surface area contributed by atoms with Crippen molar-refractivity contribution < 1.29 is 14.3 Å². The topological polar surface area (TPSA) is 67.4 Å². The van der Waals surface area contributed by atoms with Crippen LogP contribution in [0.1, 0.15) is 19.3 Å². The van der Waals surface area contributed by atoms with E-state index in [4.69, 9.17) is 4.74 Å². The first-order valence-corrected chi connectivity index (χ1v) is 6.16. The number of rotatable bonds is 4. The average Bonchev–Trinajstić information content (AvgIpc) is 3.20. The quantitative estimate of drug-likeness (QED) is 0.763. The molecule has 1 fully saturated rings. The molecule has 1 unspecified atom stereocenters. The van der Waals surface area contributed by atoms with E-state index in [0.717, 1.165) is 12.8 Å². The van der Waals surface area contributed by atoms with E-state index in [-0.39, 0.29) is 23.8 Å². The van der Waals surface area contributed by atoms with Crippen LogP contribution in [0.25, 0.3) is 0 Å². The summed E-state index contributed by atoms with van der Waals surface area (Å²) in [6.45, 7) is 0. The van der Waals surface area contributed by atoms with Gasteiger partial charge in [-0.1, -0.05) is 0 Å². The number of amides is 2. The number of allylic oxidation sites excluding steroid dienone is 1. The molecule has 0 aromatic rings. The Balaban J connectivity index is 2.16. The van der Waals surface area contributed by atoms with Gasteiger partial charge in [-0.2, -0.15) is 0 Å². The van der Waals surface area contributed by atoms with Gasteiger partial charge >= 0.3 is 0 Å². The van der Waals surface area contributed by atoms with Gasteiger partial charge in [-0.3, -0.25) is 9.59 Å². The fourth-order valence-electron chi connectivity index (χ4n) is 1.90. The van der Waals surface area contributed by atoms with E-state index in [1.165, 1.54) is 0 Å².